The van der Waals surface area contributed by atoms with Gasteiger partial charge >= 0.3 is 5.97 Å². The van der Waals surface area contributed by atoms with Gasteiger partial charge in [-0.1, -0.05) is 42.2 Å². The van der Waals surface area contributed by atoms with Crippen molar-refractivity contribution in [2.24, 2.45) is 5.92 Å². The summed E-state index contributed by atoms with van der Waals surface area (Å²) in [6.45, 7) is 6.87. The average molecular weight is 336 g/mol. The molecule has 1 aliphatic heterocycles. The van der Waals surface area contributed by atoms with E-state index in [-0.39, 0.29) is 12.1 Å². The molecule has 1 heterocycles. The van der Waals surface area contributed by atoms with Crippen LogP contribution in [0.1, 0.15) is 19.3 Å². The zero-order valence-electron chi connectivity index (χ0n) is 9.47. The number of ether oxygens (including phenoxy) is 1. The molecule has 0 bridgehead atoms. The van der Waals surface area contributed by atoms with Crippen molar-refractivity contribution in [3.63, 3.8) is 0 Å². The van der Waals surface area contributed by atoms with Crippen molar-refractivity contribution in [1.29, 1.82) is 0 Å². The molecule has 84 valence electrons. The summed E-state index contributed by atoms with van der Waals surface area (Å²) in [6.07, 6.45) is 3.62. The first-order valence-corrected chi connectivity index (χ1v) is 10.1. The molecule has 15 heavy (non-hydrogen) atoms. The maximum atomic E-state index is 11.8. The van der Waals surface area contributed by atoms with Crippen molar-refractivity contribution < 1.29 is 9.53 Å². The molecule has 0 aromatic heterocycles. The second-order valence-electron chi connectivity index (χ2n) is 5.46. The van der Waals surface area contributed by atoms with Crippen LogP contribution in [0, 0.1) is 5.92 Å². The first-order chi connectivity index (χ1) is 6.91. The van der Waals surface area contributed by atoms with Gasteiger partial charge in [-0.25, -0.2) is 4.79 Å². The van der Waals surface area contributed by atoms with Gasteiger partial charge in [-0.05, 0) is 22.5 Å². The van der Waals surface area contributed by atoms with Gasteiger partial charge in [0.05, 0.1) is 8.07 Å². The number of hydrogen-bond acceptors (Lipinski definition) is 2. The molecule has 2 aliphatic rings. The Hall–Kier alpha value is 0.157. The molecule has 0 spiro atoms. The Kier molecular flexibility index (Phi) is 3.00. The Labute approximate surface area is 106 Å². The van der Waals surface area contributed by atoms with Crippen LogP contribution in [0.15, 0.2) is 8.78 Å². The third-order valence-corrected chi connectivity index (χ3v) is 10.2. The van der Waals surface area contributed by atoms with Crippen molar-refractivity contribution >= 4 is 36.6 Å². The van der Waals surface area contributed by atoms with E-state index in [2.05, 4.69) is 42.2 Å². The molecular formula is C11H17IO2Si. The van der Waals surface area contributed by atoms with Crippen molar-refractivity contribution in [2.75, 3.05) is 0 Å². The number of hydrogen-bond donors (Lipinski definition) is 0. The Morgan fingerprint density at radius 2 is 2.07 bits per heavy atom. The predicted molar refractivity (Wildman–Crippen MR) is 71.6 cm³/mol. The van der Waals surface area contributed by atoms with Crippen LogP contribution < -0.4 is 0 Å². The molecule has 0 aromatic rings. The predicted octanol–water partition coefficient (Wildman–Crippen LogP) is 3.28. The van der Waals surface area contributed by atoms with Crippen LogP contribution in [0.2, 0.25) is 19.6 Å². The number of carbonyl (C=O) groups excluding carboxylic acids is 1. The van der Waals surface area contributed by atoms with Gasteiger partial charge in [-0.2, -0.15) is 0 Å². The highest BCUT2D eigenvalue weighted by atomic mass is 127. The topological polar surface area (TPSA) is 26.3 Å². The molecule has 1 saturated heterocycles. The minimum Gasteiger partial charge on any atom is -0.458 e. The fourth-order valence-corrected chi connectivity index (χ4v) is 4.12. The summed E-state index contributed by atoms with van der Waals surface area (Å²) in [5.41, 5.74) is 1.03. The molecule has 1 saturated carbocycles. The number of halogens is 1. The summed E-state index contributed by atoms with van der Waals surface area (Å²) in [4.78, 5) is 11.8. The van der Waals surface area contributed by atoms with Crippen LogP contribution in [0.25, 0.3) is 0 Å². The van der Waals surface area contributed by atoms with Crippen molar-refractivity contribution in [2.45, 2.75) is 45.0 Å². The van der Waals surface area contributed by atoms with E-state index in [0.717, 1.165) is 18.4 Å². The number of esters is 1. The van der Waals surface area contributed by atoms with Crippen LogP contribution in [0.5, 0.6) is 0 Å². The molecule has 2 rings (SSSR count). The van der Waals surface area contributed by atoms with Gasteiger partial charge in [0.15, 0.2) is 0 Å². The largest absolute Gasteiger partial charge is 0.458 e. The number of fused-ring (bicyclic) bond motifs is 1. The minimum atomic E-state index is -1.36. The Morgan fingerprint density at radius 3 is 2.67 bits per heavy atom. The summed E-state index contributed by atoms with van der Waals surface area (Å²) >= 11 is 2.38. The number of rotatable bonds is 1. The first kappa shape index (κ1) is 11.6. The van der Waals surface area contributed by atoms with Gasteiger partial charge in [0.1, 0.15) is 6.10 Å². The van der Waals surface area contributed by atoms with Crippen LogP contribution in [0.3, 0.4) is 0 Å². The van der Waals surface area contributed by atoms with E-state index in [1.54, 1.807) is 0 Å². The van der Waals surface area contributed by atoms with Crippen molar-refractivity contribution in [1.82, 2.24) is 0 Å². The van der Waals surface area contributed by atoms with Crippen molar-refractivity contribution in [3.8, 4) is 0 Å². The van der Waals surface area contributed by atoms with Gasteiger partial charge < -0.3 is 4.74 Å². The molecule has 1 aliphatic carbocycles. The van der Waals surface area contributed by atoms with Crippen LogP contribution in [-0.2, 0) is 9.53 Å². The maximum Gasteiger partial charge on any atom is 0.335 e. The summed E-state index contributed by atoms with van der Waals surface area (Å²) in [7, 11) is -1.36. The van der Waals surface area contributed by atoms with Crippen LogP contribution >= 0.6 is 22.6 Å². The van der Waals surface area contributed by atoms with Gasteiger partial charge in [0.2, 0.25) is 0 Å². The fraction of sp³-hybridized carbons (Fsp3) is 0.727. The van der Waals surface area contributed by atoms with Crippen LogP contribution in [0.4, 0.5) is 0 Å². The lowest BCUT2D eigenvalue weighted by molar-refractivity contribution is -0.138. The Bertz CT molecular complexity index is 330. The summed E-state index contributed by atoms with van der Waals surface area (Å²) in [5, 5.41) is 0. The Morgan fingerprint density at radius 1 is 1.40 bits per heavy atom. The molecule has 0 N–H and O–H groups in total. The highest BCUT2D eigenvalue weighted by Gasteiger charge is 2.45. The van der Waals surface area contributed by atoms with E-state index in [9.17, 15) is 4.79 Å². The molecule has 0 aromatic carbocycles. The third-order valence-electron chi connectivity index (χ3n) is 3.20. The maximum absolute atomic E-state index is 11.8. The lowest BCUT2D eigenvalue weighted by atomic mass is 10.0. The van der Waals surface area contributed by atoms with E-state index in [1.807, 2.05) is 0 Å². The summed E-state index contributed by atoms with van der Waals surface area (Å²) in [6, 6.07) is 0. The molecule has 2 atom stereocenters. The highest BCUT2D eigenvalue weighted by Crippen LogP contribution is 2.44. The zero-order chi connectivity index (χ0) is 11.2. The molecule has 4 heteroatoms. The molecule has 0 radical (unpaired) electrons. The smallest absolute Gasteiger partial charge is 0.335 e. The van der Waals surface area contributed by atoms with E-state index < -0.39 is 8.07 Å². The monoisotopic (exact) mass is 336 g/mol. The second kappa shape index (κ2) is 3.87. The van der Waals surface area contributed by atoms with Gasteiger partial charge in [0.25, 0.3) is 0 Å². The molecule has 0 unspecified atom stereocenters. The summed E-state index contributed by atoms with van der Waals surface area (Å²) in [5.74, 6) is 0.382. The molecular weight excluding hydrogens is 319 g/mol. The second-order valence-corrected chi connectivity index (χ2v) is 12.6. The van der Waals surface area contributed by atoms with Gasteiger partial charge in [-0.15, -0.1) is 0 Å². The lowest BCUT2D eigenvalue weighted by Crippen LogP contribution is -2.24. The SMILES string of the molecule is C[Si](C)(C)/C(I)=C1\C(=O)O[C@H]2CCC[C@@H]12. The quantitative estimate of drug-likeness (QED) is 0.318. The standard InChI is InChI=1S/C11H17IO2Si/c1-15(2,3)10(12)9-7-5-4-6-8(7)14-11(9)13/h7-8H,4-6H2,1-3H3/b10-9-/t7-,8+/m1/s1. The Balaban J connectivity index is 2.39. The average Bonchev–Trinajstić information content (AvgIpc) is 2.60. The van der Waals surface area contributed by atoms with Crippen LogP contribution in [-0.4, -0.2) is 20.1 Å². The normalized spacial score (nSPS) is 34.0. The first-order valence-electron chi connectivity index (χ1n) is 5.52. The van der Waals surface area contributed by atoms with Gasteiger partial charge in [0, 0.05) is 11.5 Å². The van der Waals surface area contributed by atoms with Crippen molar-refractivity contribution in [3.05, 3.63) is 8.78 Å². The van der Waals surface area contributed by atoms with E-state index in [1.165, 1.54) is 9.62 Å². The van der Waals surface area contributed by atoms with Gasteiger partial charge in [-0.3, -0.25) is 0 Å². The molecule has 2 nitrogen and oxygen atoms in total. The molecule has 0 amide bonds. The molecule has 2 fully saturated rings. The lowest BCUT2D eigenvalue weighted by Gasteiger charge is -2.18. The highest BCUT2D eigenvalue weighted by molar-refractivity contribution is 14.1. The third kappa shape index (κ3) is 2.02. The van der Waals surface area contributed by atoms with E-state index >= 15 is 0 Å². The summed E-state index contributed by atoms with van der Waals surface area (Å²) < 4.78 is 6.75. The van der Waals surface area contributed by atoms with E-state index in [0.29, 0.717) is 5.92 Å². The van der Waals surface area contributed by atoms with E-state index in [4.69, 9.17) is 4.74 Å². The minimum absolute atomic E-state index is 0.0310. The zero-order valence-corrected chi connectivity index (χ0v) is 12.6. The fourth-order valence-electron chi connectivity index (χ4n) is 2.41. The number of carbonyl (C=O) groups is 1.